The van der Waals surface area contributed by atoms with Crippen LogP contribution < -0.4 is 10.0 Å². The van der Waals surface area contributed by atoms with Crippen LogP contribution in [0.5, 0.6) is 0 Å². The van der Waals surface area contributed by atoms with Gasteiger partial charge in [0.2, 0.25) is 0 Å². The third kappa shape index (κ3) is 3.51. The molecular formula is C27H28N2O2S. The highest BCUT2D eigenvalue weighted by atomic mass is 32.2. The van der Waals surface area contributed by atoms with Gasteiger partial charge in [0, 0.05) is 11.6 Å². The average Bonchev–Trinajstić information content (AvgIpc) is 3.26. The molecule has 1 aliphatic carbocycles. The summed E-state index contributed by atoms with van der Waals surface area (Å²) in [6.07, 6.45) is 5.45. The van der Waals surface area contributed by atoms with Gasteiger partial charge < -0.3 is 5.32 Å². The quantitative estimate of drug-likeness (QED) is 0.468. The number of benzene rings is 3. The van der Waals surface area contributed by atoms with Crippen LogP contribution in [0.1, 0.15) is 46.2 Å². The van der Waals surface area contributed by atoms with E-state index >= 15 is 0 Å². The van der Waals surface area contributed by atoms with E-state index in [1.54, 1.807) is 6.07 Å². The number of nitrogens with one attached hydrogen (secondary N) is 2. The number of hydrogen-bond acceptors (Lipinski definition) is 3. The van der Waals surface area contributed by atoms with Crippen molar-refractivity contribution in [3.8, 4) is 0 Å². The molecule has 2 aliphatic rings. The van der Waals surface area contributed by atoms with Gasteiger partial charge in [-0.3, -0.25) is 4.72 Å². The van der Waals surface area contributed by atoms with Gasteiger partial charge in [0.1, 0.15) is 0 Å². The van der Waals surface area contributed by atoms with Crippen LogP contribution in [0.15, 0.2) is 77.7 Å². The summed E-state index contributed by atoms with van der Waals surface area (Å²) in [5.41, 5.74) is 7.12. The fourth-order valence-electron chi connectivity index (χ4n) is 5.15. The van der Waals surface area contributed by atoms with Crippen molar-refractivity contribution in [1.29, 1.82) is 0 Å². The van der Waals surface area contributed by atoms with Crippen LogP contribution in [0.4, 0.5) is 11.4 Å². The van der Waals surface area contributed by atoms with Crippen LogP contribution in [0, 0.1) is 26.7 Å². The molecule has 0 radical (unpaired) electrons. The monoisotopic (exact) mass is 444 g/mol. The van der Waals surface area contributed by atoms with E-state index < -0.39 is 10.0 Å². The Morgan fingerprint density at radius 1 is 0.875 bits per heavy atom. The van der Waals surface area contributed by atoms with Gasteiger partial charge in [-0.05, 0) is 79.1 Å². The van der Waals surface area contributed by atoms with Crippen molar-refractivity contribution in [3.63, 3.8) is 0 Å². The Hall–Kier alpha value is -3.05. The lowest BCUT2D eigenvalue weighted by Crippen LogP contribution is -2.30. The van der Waals surface area contributed by atoms with Crippen molar-refractivity contribution in [2.24, 2.45) is 5.92 Å². The van der Waals surface area contributed by atoms with Gasteiger partial charge in [-0.2, -0.15) is 0 Å². The molecule has 5 rings (SSSR count). The minimum Gasteiger partial charge on any atom is -0.378 e. The number of sulfonamides is 1. The highest BCUT2D eigenvalue weighted by molar-refractivity contribution is 7.92. The first kappa shape index (κ1) is 20.8. The highest BCUT2D eigenvalue weighted by Gasteiger charge is 2.38. The van der Waals surface area contributed by atoms with E-state index in [9.17, 15) is 8.42 Å². The maximum absolute atomic E-state index is 13.3. The fourth-order valence-corrected chi connectivity index (χ4v) is 6.39. The standard InChI is InChI=1S/C27H28N2O2S/c1-17-8-4-5-11-21(17)27-23-13-7-12-22(23)24-16-20(14-15-25(24)28-27)32(30,31)29-26-18(2)9-6-10-19(26)3/h4-12,14-16,22-23,27-29H,13H2,1-3H3. The summed E-state index contributed by atoms with van der Waals surface area (Å²) in [6.45, 7) is 5.99. The van der Waals surface area contributed by atoms with Crippen molar-refractivity contribution < 1.29 is 8.42 Å². The number of fused-ring (bicyclic) bond motifs is 3. The van der Waals surface area contributed by atoms with Crippen LogP contribution in [-0.2, 0) is 10.0 Å². The van der Waals surface area contributed by atoms with Crippen molar-refractivity contribution in [3.05, 3.63) is 101 Å². The van der Waals surface area contributed by atoms with Crippen LogP contribution in [0.3, 0.4) is 0 Å². The summed E-state index contributed by atoms with van der Waals surface area (Å²) < 4.78 is 29.3. The molecule has 0 aromatic heterocycles. The van der Waals surface area contributed by atoms with E-state index in [1.807, 2.05) is 44.2 Å². The predicted molar refractivity (Wildman–Crippen MR) is 131 cm³/mol. The Labute approximate surface area is 190 Å². The van der Waals surface area contributed by atoms with Gasteiger partial charge >= 0.3 is 0 Å². The average molecular weight is 445 g/mol. The topological polar surface area (TPSA) is 58.2 Å². The Bertz CT molecular complexity index is 1310. The number of para-hydroxylation sites is 1. The summed E-state index contributed by atoms with van der Waals surface area (Å²) in [6, 6.07) is 20.0. The van der Waals surface area contributed by atoms with Crippen molar-refractivity contribution in [2.75, 3.05) is 10.0 Å². The molecule has 3 aromatic carbocycles. The number of aryl methyl sites for hydroxylation is 3. The number of allylic oxidation sites excluding steroid dienone is 2. The third-order valence-corrected chi connectivity index (χ3v) is 8.23. The van der Waals surface area contributed by atoms with Gasteiger partial charge in [-0.15, -0.1) is 0 Å². The van der Waals surface area contributed by atoms with Crippen LogP contribution >= 0.6 is 0 Å². The minimum atomic E-state index is -3.69. The molecule has 1 heterocycles. The van der Waals surface area contributed by atoms with E-state index in [-0.39, 0.29) is 12.0 Å². The van der Waals surface area contributed by atoms with Crippen molar-refractivity contribution in [2.45, 2.75) is 44.0 Å². The van der Waals surface area contributed by atoms with Crippen molar-refractivity contribution >= 4 is 21.4 Å². The second-order valence-corrected chi connectivity index (χ2v) is 10.6. The van der Waals surface area contributed by atoms with E-state index in [0.717, 1.165) is 28.8 Å². The Balaban J connectivity index is 1.52. The zero-order valence-corrected chi connectivity index (χ0v) is 19.4. The lowest BCUT2D eigenvalue weighted by molar-refractivity contribution is 0.424. The predicted octanol–water partition coefficient (Wildman–Crippen LogP) is 6.24. The molecule has 5 heteroatoms. The summed E-state index contributed by atoms with van der Waals surface area (Å²) in [4.78, 5) is 0.300. The van der Waals surface area contributed by atoms with E-state index in [0.29, 0.717) is 16.5 Å². The summed E-state index contributed by atoms with van der Waals surface area (Å²) in [5.74, 6) is 0.569. The molecular weight excluding hydrogens is 416 g/mol. The van der Waals surface area contributed by atoms with Crippen LogP contribution in [-0.4, -0.2) is 8.42 Å². The maximum Gasteiger partial charge on any atom is 0.261 e. The Morgan fingerprint density at radius 2 is 1.59 bits per heavy atom. The third-order valence-electron chi connectivity index (χ3n) is 6.89. The first-order chi connectivity index (χ1) is 15.3. The molecule has 1 aliphatic heterocycles. The molecule has 0 fully saturated rings. The first-order valence-corrected chi connectivity index (χ1v) is 12.6. The smallest absolute Gasteiger partial charge is 0.261 e. The lowest BCUT2D eigenvalue weighted by atomic mass is 9.76. The molecule has 0 saturated carbocycles. The molecule has 3 unspecified atom stereocenters. The molecule has 32 heavy (non-hydrogen) atoms. The largest absolute Gasteiger partial charge is 0.378 e. The highest BCUT2D eigenvalue weighted by Crippen LogP contribution is 2.50. The number of anilines is 2. The second kappa shape index (κ2) is 7.82. The molecule has 3 atom stereocenters. The SMILES string of the molecule is Cc1ccccc1C1Nc2ccc(S(=O)(=O)Nc3c(C)cccc3C)cc2C2C=CCC21. The molecule has 3 aromatic rings. The first-order valence-electron chi connectivity index (χ1n) is 11.1. The molecule has 0 saturated heterocycles. The molecule has 164 valence electrons. The normalized spacial score (nSPS) is 21.5. The Kier molecular flexibility index (Phi) is 5.09. The maximum atomic E-state index is 13.3. The summed E-state index contributed by atoms with van der Waals surface area (Å²) in [7, 11) is -3.69. The summed E-state index contributed by atoms with van der Waals surface area (Å²) in [5, 5.41) is 3.72. The number of rotatable bonds is 4. The van der Waals surface area contributed by atoms with Gasteiger partial charge in [-0.1, -0.05) is 54.6 Å². The van der Waals surface area contributed by atoms with E-state index in [4.69, 9.17) is 0 Å². The van der Waals surface area contributed by atoms with E-state index in [2.05, 4.69) is 53.4 Å². The minimum absolute atomic E-state index is 0.200. The van der Waals surface area contributed by atoms with Gasteiger partial charge in [0.15, 0.2) is 0 Å². The lowest BCUT2D eigenvalue weighted by Gasteiger charge is -2.38. The zero-order chi connectivity index (χ0) is 22.5. The van der Waals surface area contributed by atoms with Gasteiger partial charge in [0.25, 0.3) is 10.0 Å². The number of hydrogen-bond donors (Lipinski definition) is 2. The van der Waals surface area contributed by atoms with Crippen LogP contribution in [0.25, 0.3) is 0 Å². The molecule has 0 bridgehead atoms. The zero-order valence-electron chi connectivity index (χ0n) is 18.6. The summed E-state index contributed by atoms with van der Waals surface area (Å²) >= 11 is 0. The van der Waals surface area contributed by atoms with E-state index in [1.165, 1.54) is 11.1 Å². The van der Waals surface area contributed by atoms with Gasteiger partial charge in [-0.25, -0.2) is 8.42 Å². The Morgan fingerprint density at radius 3 is 2.34 bits per heavy atom. The van der Waals surface area contributed by atoms with Crippen molar-refractivity contribution in [1.82, 2.24) is 0 Å². The fraction of sp³-hybridized carbons (Fsp3) is 0.259. The second-order valence-electron chi connectivity index (χ2n) is 8.95. The molecule has 2 N–H and O–H groups in total. The molecule has 0 spiro atoms. The van der Waals surface area contributed by atoms with Gasteiger partial charge in [0.05, 0.1) is 16.6 Å². The van der Waals surface area contributed by atoms with Crippen LogP contribution in [0.2, 0.25) is 0 Å². The molecule has 4 nitrogen and oxygen atoms in total. The molecule has 0 amide bonds.